The summed E-state index contributed by atoms with van der Waals surface area (Å²) in [4.78, 5) is 91.2. The molecule has 0 bridgehead atoms. The third-order valence-corrected chi connectivity index (χ3v) is 11.2. The zero-order valence-corrected chi connectivity index (χ0v) is 37.8. The first-order chi connectivity index (χ1) is 30.9. The number of aliphatic hydroxyl groups excluding tert-OH is 1. The number of esters is 1. The standard InChI is InChI=1S/C49H67N7O8/c1-38(57)35-55(32-24-48(62)56(33-25-49(63)64-3)37-41-16-8-5-9-17-41)47(61)22-29-52(27-13-12-26-50)45(59)21-30-53(28-20-42-34-51-44-19-11-10-18-43(42)44)46(60)23-31-54(39(2)58)36-40-14-6-4-7-15-40/h4-11,14-19,34,38,51,57H,12-13,20-33,35-37,50H2,1-3H3/t38-/m1/s1. The topological polar surface area (TPSA) is 190 Å². The minimum absolute atomic E-state index is 0.00597. The molecule has 1 heterocycles. The second-order valence-electron chi connectivity index (χ2n) is 16.1. The van der Waals surface area contributed by atoms with Gasteiger partial charge in [0.15, 0.2) is 0 Å². The fourth-order valence-electron chi connectivity index (χ4n) is 7.53. The summed E-state index contributed by atoms with van der Waals surface area (Å²) in [6.45, 7) is 5.51. The lowest BCUT2D eigenvalue weighted by Gasteiger charge is -2.29. The van der Waals surface area contributed by atoms with Gasteiger partial charge < -0.3 is 45.1 Å². The molecule has 1 atom stereocenters. The Hall–Kier alpha value is -6.06. The number of hydrogen-bond donors (Lipinski definition) is 3. The van der Waals surface area contributed by atoms with Crippen molar-refractivity contribution in [2.45, 2.75) is 84.4 Å². The number of aromatic nitrogens is 1. The van der Waals surface area contributed by atoms with Crippen LogP contribution in [0, 0.1) is 0 Å². The molecule has 346 valence electrons. The monoisotopic (exact) mass is 882 g/mol. The highest BCUT2D eigenvalue weighted by Gasteiger charge is 2.24. The molecule has 15 nitrogen and oxygen atoms in total. The van der Waals surface area contributed by atoms with Crippen molar-refractivity contribution in [1.29, 1.82) is 0 Å². The fraction of sp³-hybridized carbons (Fsp3) is 0.469. The van der Waals surface area contributed by atoms with Gasteiger partial charge in [-0.05, 0) is 55.5 Å². The van der Waals surface area contributed by atoms with Crippen LogP contribution in [0.25, 0.3) is 10.9 Å². The van der Waals surface area contributed by atoms with Gasteiger partial charge in [0.25, 0.3) is 0 Å². The highest BCUT2D eigenvalue weighted by Crippen LogP contribution is 2.19. The predicted octanol–water partition coefficient (Wildman–Crippen LogP) is 4.52. The van der Waals surface area contributed by atoms with Gasteiger partial charge in [0.05, 0.1) is 19.6 Å². The van der Waals surface area contributed by atoms with Gasteiger partial charge in [-0.1, -0.05) is 78.9 Å². The van der Waals surface area contributed by atoms with E-state index in [-0.39, 0.29) is 107 Å². The summed E-state index contributed by atoms with van der Waals surface area (Å²) in [7, 11) is 1.29. The number of rotatable bonds is 28. The molecule has 0 fully saturated rings. The third-order valence-electron chi connectivity index (χ3n) is 11.2. The lowest BCUT2D eigenvalue weighted by Crippen LogP contribution is -2.43. The van der Waals surface area contributed by atoms with Gasteiger partial charge in [-0.3, -0.25) is 28.8 Å². The molecule has 0 unspecified atom stereocenters. The molecule has 0 spiro atoms. The van der Waals surface area contributed by atoms with E-state index in [0.29, 0.717) is 45.4 Å². The molecule has 15 heteroatoms. The number of hydrogen-bond acceptors (Lipinski definition) is 9. The van der Waals surface area contributed by atoms with Crippen molar-refractivity contribution in [3.63, 3.8) is 0 Å². The van der Waals surface area contributed by atoms with Crippen LogP contribution in [0.15, 0.2) is 91.1 Å². The average Bonchev–Trinajstić information content (AvgIpc) is 3.71. The van der Waals surface area contributed by atoms with Crippen molar-refractivity contribution < 1.29 is 38.6 Å². The van der Waals surface area contributed by atoms with E-state index in [0.717, 1.165) is 27.6 Å². The van der Waals surface area contributed by atoms with Crippen molar-refractivity contribution in [2.75, 3.05) is 66.0 Å². The van der Waals surface area contributed by atoms with Crippen molar-refractivity contribution in [2.24, 2.45) is 5.73 Å². The van der Waals surface area contributed by atoms with Gasteiger partial charge in [-0.15, -0.1) is 0 Å². The minimum Gasteiger partial charge on any atom is -0.469 e. The van der Waals surface area contributed by atoms with Gasteiger partial charge >= 0.3 is 5.97 Å². The quantitative estimate of drug-likeness (QED) is 0.0545. The van der Waals surface area contributed by atoms with Gasteiger partial charge in [0.1, 0.15) is 0 Å². The number of carbonyl (C=O) groups is 6. The summed E-state index contributed by atoms with van der Waals surface area (Å²) in [6, 6.07) is 26.9. The van der Waals surface area contributed by atoms with E-state index in [1.807, 2.05) is 91.1 Å². The Balaban J connectivity index is 1.42. The molecule has 0 radical (unpaired) electrons. The van der Waals surface area contributed by atoms with Crippen LogP contribution in [0.3, 0.4) is 0 Å². The molecule has 0 saturated heterocycles. The van der Waals surface area contributed by atoms with Crippen molar-refractivity contribution in [3.8, 4) is 0 Å². The highest BCUT2D eigenvalue weighted by atomic mass is 16.5. The van der Waals surface area contributed by atoms with Gasteiger partial charge in [0.2, 0.25) is 29.5 Å². The van der Waals surface area contributed by atoms with E-state index in [2.05, 4.69) is 4.98 Å². The normalized spacial score (nSPS) is 11.5. The number of unbranched alkanes of at least 4 members (excludes halogenated alkanes) is 1. The van der Waals surface area contributed by atoms with Crippen LogP contribution in [0.2, 0.25) is 0 Å². The number of nitrogens with zero attached hydrogens (tertiary/aromatic N) is 5. The lowest BCUT2D eigenvalue weighted by atomic mass is 10.1. The maximum Gasteiger partial charge on any atom is 0.307 e. The summed E-state index contributed by atoms with van der Waals surface area (Å²) >= 11 is 0. The Morgan fingerprint density at radius 1 is 0.609 bits per heavy atom. The molecule has 0 aliphatic rings. The molecule has 3 aromatic carbocycles. The number of methoxy groups -OCH3 is 1. The number of aliphatic hydroxyl groups is 1. The lowest BCUT2D eigenvalue weighted by molar-refractivity contribution is -0.142. The molecule has 4 aromatic rings. The summed E-state index contributed by atoms with van der Waals surface area (Å²) < 4.78 is 4.79. The van der Waals surface area contributed by atoms with Crippen LogP contribution >= 0.6 is 0 Å². The van der Waals surface area contributed by atoms with Crippen LogP contribution in [-0.4, -0.2) is 142 Å². The number of aromatic amines is 1. The average molecular weight is 882 g/mol. The number of nitrogens with one attached hydrogen (secondary N) is 1. The van der Waals surface area contributed by atoms with Crippen LogP contribution in [0.4, 0.5) is 0 Å². The molecule has 4 N–H and O–H groups in total. The van der Waals surface area contributed by atoms with E-state index in [4.69, 9.17) is 10.5 Å². The first-order valence-electron chi connectivity index (χ1n) is 22.3. The maximum atomic E-state index is 14.0. The van der Waals surface area contributed by atoms with E-state index in [1.165, 1.54) is 18.9 Å². The zero-order chi connectivity index (χ0) is 46.3. The maximum absolute atomic E-state index is 14.0. The first kappa shape index (κ1) is 50.6. The molecule has 1 aromatic heterocycles. The smallest absolute Gasteiger partial charge is 0.307 e. The molecule has 5 amide bonds. The third kappa shape index (κ3) is 17.2. The van der Waals surface area contributed by atoms with Crippen LogP contribution < -0.4 is 5.73 Å². The molecule has 0 aliphatic carbocycles. The summed E-state index contributed by atoms with van der Waals surface area (Å²) in [5.74, 6) is -1.56. The number of carbonyl (C=O) groups excluding carboxylic acids is 6. The number of nitrogens with two attached hydrogens (primary N) is 1. The molecule has 0 saturated carbocycles. The fourth-order valence-corrected chi connectivity index (χ4v) is 7.53. The zero-order valence-electron chi connectivity index (χ0n) is 37.8. The van der Waals surface area contributed by atoms with Gasteiger partial charge in [-0.2, -0.15) is 0 Å². The van der Waals surface area contributed by atoms with E-state index in [1.54, 1.807) is 26.5 Å². The van der Waals surface area contributed by atoms with Crippen LogP contribution in [-0.2, 0) is 53.0 Å². The predicted molar refractivity (Wildman–Crippen MR) is 246 cm³/mol. The van der Waals surface area contributed by atoms with Crippen LogP contribution in [0.1, 0.15) is 75.5 Å². The van der Waals surface area contributed by atoms with Gasteiger partial charge in [0, 0.05) is 115 Å². The Bertz CT molecular complexity index is 2080. The Labute approximate surface area is 377 Å². The summed E-state index contributed by atoms with van der Waals surface area (Å²) in [5, 5.41) is 11.4. The Morgan fingerprint density at radius 2 is 1.09 bits per heavy atom. The van der Waals surface area contributed by atoms with Crippen molar-refractivity contribution >= 4 is 46.4 Å². The molecular weight excluding hydrogens is 815 g/mol. The number of benzene rings is 3. The van der Waals surface area contributed by atoms with Crippen molar-refractivity contribution in [3.05, 3.63) is 108 Å². The van der Waals surface area contributed by atoms with E-state index in [9.17, 15) is 33.9 Å². The first-order valence-corrected chi connectivity index (χ1v) is 22.3. The van der Waals surface area contributed by atoms with Crippen LogP contribution in [0.5, 0.6) is 0 Å². The Morgan fingerprint density at radius 3 is 1.66 bits per heavy atom. The molecule has 0 aliphatic heterocycles. The SMILES string of the molecule is COC(=O)CCN(Cc1ccccc1)C(=O)CCN(C[C@@H](C)O)C(=O)CCN(CCCCN)C(=O)CCN(CCc1c[nH]c2ccccc12)C(=O)CCN(Cc1ccccc1)C(C)=O. The summed E-state index contributed by atoms with van der Waals surface area (Å²) in [6.07, 6.45) is 2.96. The van der Waals surface area contributed by atoms with E-state index >= 15 is 0 Å². The summed E-state index contributed by atoms with van der Waals surface area (Å²) in [5.41, 5.74) is 9.68. The number of para-hydroxylation sites is 1. The largest absolute Gasteiger partial charge is 0.469 e. The number of fused-ring (bicyclic) bond motifs is 1. The molecular formula is C49H67N7O8. The second kappa shape index (κ2) is 27.2. The Kier molecular flexibility index (Phi) is 21.5. The molecule has 64 heavy (non-hydrogen) atoms. The van der Waals surface area contributed by atoms with Gasteiger partial charge in [-0.25, -0.2) is 0 Å². The minimum atomic E-state index is -0.866. The number of H-pyrrole nitrogens is 1. The number of ether oxygens (including phenoxy) is 1. The highest BCUT2D eigenvalue weighted by molar-refractivity contribution is 5.84. The second-order valence-corrected chi connectivity index (χ2v) is 16.1. The number of amides is 5. The van der Waals surface area contributed by atoms with E-state index < -0.39 is 12.1 Å². The molecule has 4 rings (SSSR count). The van der Waals surface area contributed by atoms with Crippen molar-refractivity contribution in [1.82, 2.24) is 29.5 Å².